The van der Waals surface area contributed by atoms with Crippen LogP contribution in [0.25, 0.3) is 0 Å². The molecular weight excluding hydrogens is 322 g/mol. The van der Waals surface area contributed by atoms with E-state index in [2.05, 4.69) is 0 Å². The Labute approximate surface area is 125 Å². The number of nitrogen functional groups attached to an aromatic ring is 1. The topological polar surface area (TPSA) is 72.2 Å². The largest absolute Gasteiger partial charge is 0.399 e. The molecule has 0 aromatic heterocycles. The van der Waals surface area contributed by atoms with Crippen molar-refractivity contribution in [3.05, 3.63) is 52.6 Å². The lowest BCUT2D eigenvalue weighted by atomic mass is 10.2. The average molecular weight is 333 g/mol. The Morgan fingerprint density at radius 1 is 1.24 bits per heavy atom. The first-order valence-corrected chi connectivity index (χ1v) is 7.61. The van der Waals surface area contributed by atoms with Crippen molar-refractivity contribution in [2.45, 2.75) is 11.8 Å². The summed E-state index contributed by atoms with van der Waals surface area (Å²) >= 11 is 5.58. The summed E-state index contributed by atoms with van der Waals surface area (Å²) in [5, 5.41) is -0.231. The number of sulfonamides is 1. The molecule has 0 atom stereocenters. The van der Waals surface area contributed by atoms with Crippen LogP contribution in [0.4, 0.5) is 20.2 Å². The highest BCUT2D eigenvalue weighted by Crippen LogP contribution is 2.27. The van der Waals surface area contributed by atoms with Gasteiger partial charge in [0.1, 0.15) is 5.82 Å². The first-order chi connectivity index (χ1) is 9.72. The summed E-state index contributed by atoms with van der Waals surface area (Å²) in [4.78, 5) is -0.362. The number of nitrogens with one attached hydrogen (secondary N) is 1. The van der Waals surface area contributed by atoms with Gasteiger partial charge < -0.3 is 5.73 Å². The van der Waals surface area contributed by atoms with Gasteiger partial charge in [-0.3, -0.25) is 4.72 Å². The average Bonchev–Trinajstić information content (AvgIpc) is 2.39. The monoisotopic (exact) mass is 332 g/mol. The van der Waals surface area contributed by atoms with Gasteiger partial charge in [0.2, 0.25) is 0 Å². The third kappa shape index (κ3) is 3.08. The zero-order valence-corrected chi connectivity index (χ0v) is 12.4. The molecule has 0 heterocycles. The Morgan fingerprint density at radius 2 is 1.90 bits per heavy atom. The van der Waals surface area contributed by atoms with Gasteiger partial charge in [-0.1, -0.05) is 17.7 Å². The lowest BCUT2D eigenvalue weighted by Crippen LogP contribution is -2.16. The number of anilines is 2. The molecule has 0 aliphatic carbocycles. The fourth-order valence-corrected chi connectivity index (χ4v) is 3.26. The van der Waals surface area contributed by atoms with Crippen LogP contribution < -0.4 is 10.5 Å². The van der Waals surface area contributed by atoms with Crippen LogP contribution in [0.3, 0.4) is 0 Å². The maximum absolute atomic E-state index is 13.7. The highest BCUT2D eigenvalue weighted by molar-refractivity contribution is 7.92. The van der Waals surface area contributed by atoms with Gasteiger partial charge in [-0.05, 0) is 31.2 Å². The molecule has 0 aliphatic heterocycles. The normalized spacial score (nSPS) is 11.4. The minimum Gasteiger partial charge on any atom is -0.399 e. The Bertz CT molecular complexity index is 810. The van der Waals surface area contributed by atoms with Gasteiger partial charge in [0.25, 0.3) is 10.0 Å². The highest BCUT2D eigenvalue weighted by atomic mass is 35.5. The van der Waals surface area contributed by atoms with Crippen LogP contribution in [0.15, 0.2) is 35.2 Å². The molecule has 0 radical (unpaired) electrons. The molecule has 2 rings (SSSR count). The summed E-state index contributed by atoms with van der Waals surface area (Å²) in [7, 11) is -4.20. The van der Waals surface area contributed by atoms with Crippen LogP contribution in [0.2, 0.25) is 5.02 Å². The summed E-state index contributed by atoms with van der Waals surface area (Å²) in [5.41, 5.74) is 4.95. The van der Waals surface area contributed by atoms with E-state index in [4.69, 9.17) is 17.3 Å². The molecule has 21 heavy (non-hydrogen) atoms. The van der Waals surface area contributed by atoms with Gasteiger partial charge in [-0.15, -0.1) is 0 Å². The minimum absolute atomic E-state index is 0.0509. The summed E-state index contributed by atoms with van der Waals surface area (Å²) in [6, 6.07) is 5.98. The van der Waals surface area contributed by atoms with Crippen LogP contribution in [-0.4, -0.2) is 8.42 Å². The van der Waals surface area contributed by atoms with Crippen LogP contribution in [0.5, 0.6) is 0 Å². The maximum atomic E-state index is 13.7. The van der Waals surface area contributed by atoms with E-state index in [0.29, 0.717) is 0 Å². The van der Waals surface area contributed by atoms with Crippen LogP contribution in [-0.2, 0) is 10.0 Å². The molecule has 0 fully saturated rings. The van der Waals surface area contributed by atoms with E-state index in [-0.39, 0.29) is 26.9 Å². The molecule has 3 N–H and O–H groups in total. The molecule has 2 aromatic rings. The van der Waals surface area contributed by atoms with Crippen molar-refractivity contribution in [2.75, 3.05) is 10.5 Å². The van der Waals surface area contributed by atoms with Crippen molar-refractivity contribution in [1.29, 1.82) is 0 Å². The predicted molar refractivity (Wildman–Crippen MR) is 77.8 cm³/mol. The minimum atomic E-state index is -4.20. The van der Waals surface area contributed by atoms with Gasteiger partial charge in [-0.25, -0.2) is 17.2 Å². The van der Waals surface area contributed by atoms with Crippen molar-refractivity contribution in [3.8, 4) is 0 Å². The molecule has 4 nitrogen and oxygen atoms in total. The molecule has 8 heteroatoms. The molecule has 0 amide bonds. The van der Waals surface area contributed by atoms with Crippen LogP contribution >= 0.6 is 11.6 Å². The van der Waals surface area contributed by atoms with Crippen molar-refractivity contribution in [3.63, 3.8) is 0 Å². The quantitative estimate of drug-likeness (QED) is 0.847. The fourth-order valence-electron chi connectivity index (χ4n) is 1.74. The SMILES string of the molecule is Cc1c(F)cc(N)cc1S(=O)(=O)Nc1cccc(Cl)c1F. The second kappa shape index (κ2) is 5.50. The highest BCUT2D eigenvalue weighted by Gasteiger charge is 2.21. The van der Waals surface area contributed by atoms with Crippen molar-refractivity contribution < 1.29 is 17.2 Å². The van der Waals surface area contributed by atoms with E-state index < -0.39 is 21.7 Å². The first-order valence-electron chi connectivity index (χ1n) is 5.75. The van der Waals surface area contributed by atoms with Crippen molar-refractivity contribution in [2.24, 2.45) is 0 Å². The summed E-state index contributed by atoms with van der Waals surface area (Å²) in [6.45, 7) is 1.29. The molecule has 0 spiro atoms. The second-order valence-electron chi connectivity index (χ2n) is 4.33. The Balaban J connectivity index is 2.51. The van der Waals surface area contributed by atoms with E-state index in [9.17, 15) is 17.2 Å². The second-order valence-corrected chi connectivity index (χ2v) is 6.39. The maximum Gasteiger partial charge on any atom is 0.262 e. The molecule has 0 saturated carbocycles. The smallest absolute Gasteiger partial charge is 0.262 e. The number of hydrogen-bond donors (Lipinski definition) is 2. The molecule has 0 saturated heterocycles. The van der Waals surface area contributed by atoms with E-state index in [1.165, 1.54) is 25.1 Å². The van der Waals surface area contributed by atoms with E-state index >= 15 is 0 Å². The fraction of sp³-hybridized carbons (Fsp3) is 0.0769. The molecule has 0 bridgehead atoms. The van der Waals surface area contributed by atoms with Crippen LogP contribution in [0.1, 0.15) is 5.56 Å². The third-order valence-electron chi connectivity index (χ3n) is 2.80. The van der Waals surface area contributed by atoms with Gasteiger partial charge in [-0.2, -0.15) is 0 Å². The van der Waals surface area contributed by atoms with Crippen LogP contribution in [0, 0.1) is 18.6 Å². The third-order valence-corrected chi connectivity index (χ3v) is 4.59. The van der Waals surface area contributed by atoms with E-state index in [1.54, 1.807) is 0 Å². The standard InChI is InChI=1S/C13H11ClF2N2O2S/c1-7-10(15)5-8(17)6-12(7)21(19,20)18-11-4-2-3-9(14)13(11)16/h2-6,18H,17H2,1H3. The number of rotatable bonds is 3. The number of hydrogen-bond acceptors (Lipinski definition) is 3. The lowest BCUT2D eigenvalue weighted by Gasteiger charge is -2.12. The Kier molecular flexibility index (Phi) is 4.06. The summed E-state index contributed by atoms with van der Waals surface area (Å²) in [5.74, 6) is -1.67. The van der Waals surface area contributed by atoms with Gasteiger partial charge in [0.15, 0.2) is 5.82 Å². The van der Waals surface area contributed by atoms with Gasteiger partial charge in [0, 0.05) is 11.3 Å². The van der Waals surface area contributed by atoms with Crippen molar-refractivity contribution >= 4 is 33.0 Å². The van der Waals surface area contributed by atoms with Gasteiger partial charge >= 0.3 is 0 Å². The zero-order chi connectivity index (χ0) is 15.8. The Morgan fingerprint density at radius 3 is 2.57 bits per heavy atom. The van der Waals surface area contributed by atoms with Gasteiger partial charge in [0.05, 0.1) is 15.6 Å². The molecule has 0 unspecified atom stereocenters. The molecule has 0 aliphatic rings. The van der Waals surface area contributed by atoms with E-state index in [0.717, 1.165) is 12.1 Å². The number of halogens is 3. The molecular formula is C13H11ClF2N2O2S. The number of benzene rings is 2. The van der Waals surface area contributed by atoms with E-state index in [1.807, 2.05) is 4.72 Å². The lowest BCUT2D eigenvalue weighted by molar-refractivity contribution is 0.589. The zero-order valence-electron chi connectivity index (χ0n) is 10.8. The van der Waals surface area contributed by atoms with Crippen molar-refractivity contribution in [1.82, 2.24) is 0 Å². The Hall–Kier alpha value is -1.86. The summed E-state index contributed by atoms with van der Waals surface area (Å²) in [6.07, 6.45) is 0. The predicted octanol–water partition coefficient (Wildman–Crippen LogP) is 3.31. The summed E-state index contributed by atoms with van der Waals surface area (Å²) < 4.78 is 53.9. The number of nitrogens with two attached hydrogens (primary N) is 1. The molecule has 2 aromatic carbocycles. The molecule has 112 valence electrons. The first kappa shape index (κ1) is 15.5.